The molecular weight excluding hydrogens is 280 g/mol. The highest BCUT2D eigenvalue weighted by Gasteiger charge is 2.14. The van der Waals surface area contributed by atoms with E-state index in [2.05, 4.69) is 55.3 Å². The maximum Gasteiger partial charge on any atom is 0.208 e. The van der Waals surface area contributed by atoms with Crippen molar-refractivity contribution < 1.29 is 4.42 Å². The summed E-state index contributed by atoms with van der Waals surface area (Å²) >= 11 is 1.86. The first-order valence-corrected chi connectivity index (χ1v) is 8.15. The van der Waals surface area contributed by atoms with E-state index in [0.717, 1.165) is 18.1 Å². The molecule has 0 aliphatic carbocycles. The Balaban J connectivity index is 1.74. The molecule has 21 heavy (non-hydrogen) atoms. The van der Waals surface area contributed by atoms with Crippen molar-refractivity contribution in [3.05, 3.63) is 52.6 Å². The van der Waals surface area contributed by atoms with E-state index in [-0.39, 0.29) is 0 Å². The Morgan fingerprint density at radius 1 is 1.33 bits per heavy atom. The third kappa shape index (κ3) is 2.87. The summed E-state index contributed by atoms with van der Waals surface area (Å²) in [5.41, 5.74) is 1.37. The van der Waals surface area contributed by atoms with Crippen LogP contribution in [0.2, 0.25) is 0 Å². The van der Waals surface area contributed by atoms with Crippen LogP contribution in [-0.2, 0) is 13.0 Å². The minimum Gasteiger partial charge on any atom is -0.444 e. The number of oxazole rings is 1. The average molecular weight is 300 g/mol. The third-order valence-corrected chi connectivity index (χ3v) is 5.24. The van der Waals surface area contributed by atoms with Gasteiger partial charge < -0.3 is 9.73 Å². The summed E-state index contributed by atoms with van der Waals surface area (Å²) in [7, 11) is 0. The van der Waals surface area contributed by atoms with E-state index in [9.17, 15) is 0 Å². The van der Waals surface area contributed by atoms with Crippen molar-refractivity contribution in [2.24, 2.45) is 0 Å². The summed E-state index contributed by atoms with van der Waals surface area (Å²) in [6, 6.07) is 8.87. The first kappa shape index (κ1) is 14.3. The van der Waals surface area contributed by atoms with Gasteiger partial charge in [0, 0.05) is 22.0 Å². The molecule has 2 aromatic heterocycles. The van der Waals surface area contributed by atoms with Gasteiger partial charge in [-0.15, -0.1) is 11.3 Å². The fraction of sp³-hybridized carbons (Fsp3) is 0.353. The monoisotopic (exact) mass is 300 g/mol. The third-order valence-electron chi connectivity index (χ3n) is 3.78. The Kier molecular flexibility index (Phi) is 4.08. The van der Waals surface area contributed by atoms with E-state index in [0.29, 0.717) is 12.6 Å². The van der Waals surface area contributed by atoms with Gasteiger partial charge in [0.25, 0.3) is 0 Å². The van der Waals surface area contributed by atoms with Crippen molar-refractivity contribution in [3.8, 4) is 0 Å². The standard InChI is InChI=1S/C17H20N2OS/c1-4-13-9-19-16(20-13)10-18-12(3)17-11(2)14-7-5-6-8-15(14)21-17/h5-9,12,18H,4,10H2,1-3H3. The Morgan fingerprint density at radius 2 is 2.14 bits per heavy atom. The molecule has 0 amide bonds. The van der Waals surface area contributed by atoms with Crippen LogP contribution in [0.15, 0.2) is 34.9 Å². The van der Waals surface area contributed by atoms with Crippen LogP contribution < -0.4 is 5.32 Å². The minimum absolute atomic E-state index is 0.291. The molecule has 0 spiro atoms. The molecule has 0 radical (unpaired) electrons. The summed E-state index contributed by atoms with van der Waals surface area (Å²) in [5, 5.41) is 4.87. The Labute approximate surface area is 129 Å². The van der Waals surface area contributed by atoms with Crippen molar-refractivity contribution in [1.82, 2.24) is 10.3 Å². The molecule has 0 aliphatic rings. The van der Waals surface area contributed by atoms with Gasteiger partial charge in [0.2, 0.25) is 5.89 Å². The summed E-state index contributed by atoms with van der Waals surface area (Å²) in [4.78, 5) is 5.68. The zero-order valence-electron chi connectivity index (χ0n) is 12.6. The number of thiophene rings is 1. The molecule has 110 valence electrons. The van der Waals surface area contributed by atoms with Gasteiger partial charge in [-0.1, -0.05) is 25.1 Å². The van der Waals surface area contributed by atoms with Crippen molar-refractivity contribution in [1.29, 1.82) is 0 Å². The Hall–Kier alpha value is -1.65. The van der Waals surface area contributed by atoms with E-state index in [1.807, 2.05) is 17.5 Å². The molecule has 0 aliphatic heterocycles. The van der Waals surface area contributed by atoms with E-state index in [4.69, 9.17) is 4.42 Å². The average Bonchev–Trinajstić information content (AvgIpc) is 3.10. The lowest BCUT2D eigenvalue weighted by molar-refractivity contribution is 0.425. The maximum absolute atomic E-state index is 5.64. The number of hydrogen-bond acceptors (Lipinski definition) is 4. The summed E-state index contributed by atoms with van der Waals surface area (Å²) in [5.74, 6) is 1.70. The number of nitrogens with zero attached hydrogens (tertiary/aromatic N) is 1. The van der Waals surface area contributed by atoms with Gasteiger partial charge in [-0.05, 0) is 30.9 Å². The summed E-state index contributed by atoms with van der Waals surface area (Å²) in [6.45, 7) is 7.13. The number of aryl methyl sites for hydroxylation is 2. The topological polar surface area (TPSA) is 38.1 Å². The first-order chi connectivity index (χ1) is 10.2. The molecule has 1 aromatic carbocycles. The summed E-state index contributed by atoms with van der Waals surface area (Å²) in [6.07, 6.45) is 2.70. The molecule has 3 rings (SSSR count). The molecule has 2 heterocycles. The second kappa shape index (κ2) is 6.00. The minimum atomic E-state index is 0.291. The molecule has 0 fully saturated rings. The van der Waals surface area contributed by atoms with Crippen LogP contribution in [0.25, 0.3) is 10.1 Å². The van der Waals surface area contributed by atoms with E-state index in [1.165, 1.54) is 20.5 Å². The highest BCUT2D eigenvalue weighted by atomic mass is 32.1. The molecule has 0 saturated heterocycles. The molecule has 0 saturated carbocycles. The first-order valence-electron chi connectivity index (χ1n) is 7.34. The van der Waals surface area contributed by atoms with Gasteiger partial charge in [0.05, 0.1) is 12.7 Å². The van der Waals surface area contributed by atoms with Gasteiger partial charge in [-0.3, -0.25) is 0 Å². The molecule has 1 unspecified atom stereocenters. The fourth-order valence-corrected chi connectivity index (χ4v) is 3.77. The predicted octanol–water partition coefficient (Wildman–Crippen LogP) is 4.61. The number of nitrogens with one attached hydrogen (secondary N) is 1. The zero-order valence-corrected chi connectivity index (χ0v) is 13.5. The van der Waals surface area contributed by atoms with Gasteiger partial charge in [0.1, 0.15) is 5.76 Å². The quantitative estimate of drug-likeness (QED) is 0.747. The van der Waals surface area contributed by atoms with Crippen molar-refractivity contribution in [2.45, 2.75) is 39.8 Å². The fourth-order valence-electron chi connectivity index (χ4n) is 2.53. The lowest BCUT2D eigenvalue weighted by Crippen LogP contribution is -2.17. The van der Waals surface area contributed by atoms with E-state index in [1.54, 1.807) is 0 Å². The van der Waals surface area contributed by atoms with Crippen LogP contribution >= 0.6 is 11.3 Å². The second-order valence-electron chi connectivity index (χ2n) is 5.26. The largest absolute Gasteiger partial charge is 0.444 e. The van der Waals surface area contributed by atoms with Gasteiger partial charge >= 0.3 is 0 Å². The lowest BCUT2D eigenvalue weighted by atomic mass is 10.1. The molecule has 4 heteroatoms. The van der Waals surface area contributed by atoms with Crippen LogP contribution in [-0.4, -0.2) is 4.98 Å². The molecule has 1 N–H and O–H groups in total. The number of fused-ring (bicyclic) bond motifs is 1. The highest BCUT2D eigenvalue weighted by molar-refractivity contribution is 7.19. The van der Waals surface area contributed by atoms with E-state index < -0.39 is 0 Å². The van der Waals surface area contributed by atoms with Crippen LogP contribution in [0, 0.1) is 6.92 Å². The zero-order chi connectivity index (χ0) is 14.8. The van der Waals surface area contributed by atoms with Crippen LogP contribution in [0.3, 0.4) is 0 Å². The molecular formula is C17H20N2OS. The van der Waals surface area contributed by atoms with Gasteiger partial charge in [-0.2, -0.15) is 0 Å². The van der Waals surface area contributed by atoms with Crippen molar-refractivity contribution in [2.75, 3.05) is 0 Å². The lowest BCUT2D eigenvalue weighted by Gasteiger charge is -2.11. The number of aromatic nitrogens is 1. The number of benzene rings is 1. The van der Waals surface area contributed by atoms with E-state index >= 15 is 0 Å². The normalized spacial score (nSPS) is 12.9. The highest BCUT2D eigenvalue weighted by Crippen LogP contribution is 2.34. The van der Waals surface area contributed by atoms with Gasteiger partial charge in [0.15, 0.2) is 0 Å². The second-order valence-corrected chi connectivity index (χ2v) is 6.35. The summed E-state index contributed by atoms with van der Waals surface area (Å²) < 4.78 is 6.99. The molecule has 3 aromatic rings. The smallest absolute Gasteiger partial charge is 0.208 e. The van der Waals surface area contributed by atoms with Crippen LogP contribution in [0.5, 0.6) is 0 Å². The van der Waals surface area contributed by atoms with Crippen molar-refractivity contribution >= 4 is 21.4 Å². The van der Waals surface area contributed by atoms with Crippen LogP contribution in [0.1, 0.15) is 42.0 Å². The van der Waals surface area contributed by atoms with Gasteiger partial charge in [-0.25, -0.2) is 4.98 Å². The molecule has 0 bridgehead atoms. The number of rotatable bonds is 5. The predicted molar refractivity (Wildman–Crippen MR) is 87.7 cm³/mol. The molecule has 1 atom stereocenters. The SMILES string of the molecule is CCc1cnc(CNC(C)c2sc3ccccc3c2C)o1. The number of hydrogen-bond donors (Lipinski definition) is 1. The Morgan fingerprint density at radius 3 is 2.86 bits per heavy atom. The molecule has 3 nitrogen and oxygen atoms in total. The Bertz CT molecular complexity index is 744. The van der Waals surface area contributed by atoms with Crippen molar-refractivity contribution in [3.63, 3.8) is 0 Å². The maximum atomic E-state index is 5.64. The van der Waals surface area contributed by atoms with Crippen LogP contribution in [0.4, 0.5) is 0 Å².